The van der Waals surface area contributed by atoms with Gasteiger partial charge in [0.05, 0.1) is 0 Å². The molecule has 5 nitrogen and oxygen atoms in total. The minimum Gasteiger partial charge on any atom is -0.354 e. The van der Waals surface area contributed by atoms with Gasteiger partial charge in [-0.2, -0.15) is 5.10 Å². The molecule has 0 unspecified atom stereocenters. The van der Waals surface area contributed by atoms with Crippen molar-refractivity contribution in [2.75, 3.05) is 0 Å². The molecule has 0 bridgehead atoms. The number of carbonyl (C=O) groups excluding carboxylic acids is 1. The lowest BCUT2D eigenvalue weighted by Gasteiger charge is -2.08. The van der Waals surface area contributed by atoms with Gasteiger partial charge in [0.1, 0.15) is 5.82 Å². The summed E-state index contributed by atoms with van der Waals surface area (Å²) in [5, 5.41) is 9.48. The number of aromatic nitrogens is 3. The van der Waals surface area contributed by atoms with E-state index in [1.165, 1.54) is 0 Å². The van der Waals surface area contributed by atoms with Gasteiger partial charge in [-0.05, 0) is 33.0 Å². The van der Waals surface area contributed by atoms with Gasteiger partial charge in [-0.25, -0.2) is 0 Å². The van der Waals surface area contributed by atoms with Crippen molar-refractivity contribution < 1.29 is 4.79 Å². The molecule has 0 saturated carbocycles. The fourth-order valence-corrected chi connectivity index (χ4v) is 1.54. The average Bonchev–Trinajstić information content (AvgIpc) is 2.42. The standard InChI is InChI=1S/C9H16N4OS/c1-6(2)10-8(14)4-5-13-7(3)11-12-9(13)15/h6H,4-5H2,1-3H3,(H,10,14)(H,12,15). The van der Waals surface area contributed by atoms with Gasteiger partial charge in [0.25, 0.3) is 0 Å². The van der Waals surface area contributed by atoms with Crippen molar-refractivity contribution in [3.8, 4) is 0 Å². The second-order valence-corrected chi connectivity index (χ2v) is 4.09. The molecule has 0 spiro atoms. The molecule has 1 amide bonds. The maximum absolute atomic E-state index is 11.4. The van der Waals surface area contributed by atoms with E-state index in [0.29, 0.717) is 17.7 Å². The Balaban J connectivity index is 2.51. The molecule has 2 N–H and O–H groups in total. The maximum Gasteiger partial charge on any atom is 0.221 e. The smallest absolute Gasteiger partial charge is 0.221 e. The zero-order valence-corrected chi connectivity index (χ0v) is 10.0. The summed E-state index contributed by atoms with van der Waals surface area (Å²) in [6.45, 7) is 6.30. The monoisotopic (exact) mass is 228 g/mol. The minimum absolute atomic E-state index is 0.0347. The van der Waals surface area contributed by atoms with Crippen LogP contribution in [0.5, 0.6) is 0 Å². The summed E-state index contributed by atoms with van der Waals surface area (Å²) in [4.78, 5) is 11.4. The van der Waals surface area contributed by atoms with E-state index in [9.17, 15) is 4.79 Å². The van der Waals surface area contributed by atoms with Crippen LogP contribution < -0.4 is 5.32 Å². The van der Waals surface area contributed by atoms with Gasteiger partial charge < -0.3 is 9.88 Å². The largest absolute Gasteiger partial charge is 0.354 e. The molecule has 1 aromatic heterocycles. The number of hydrogen-bond acceptors (Lipinski definition) is 3. The number of amides is 1. The van der Waals surface area contributed by atoms with E-state index in [1.807, 2.05) is 25.3 Å². The predicted molar refractivity (Wildman–Crippen MR) is 60.0 cm³/mol. The quantitative estimate of drug-likeness (QED) is 0.760. The number of nitrogens with one attached hydrogen (secondary N) is 2. The highest BCUT2D eigenvalue weighted by molar-refractivity contribution is 7.71. The van der Waals surface area contributed by atoms with E-state index in [0.717, 1.165) is 5.82 Å². The van der Waals surface area contributed by atoms with Crippen LogP contribution >= 0.6 is 12.2 Å². The highest BCUT2D eigenvalue weighted by atomic mass is 32.1. The van der Waals surface area contributed by atoms with Crippen LogP contribution in [0.3, 0.4) is 0 Å². The number of rotatable bonds is 4. The van der Waals surface area contributed by atoms with Crippen molar-refractivity contribution in [3.63, 3.8) is 0 Å². The van der Waals surface area contributed by atoms with E-state index in [1.54, 1.807) is 0 Å². The Kier molecular flexibility index (Phi) is 4.02. The summed E-state index contributed by atoms with van der Waals surface area (Å²) < 4.78 is 2.37. The van der Waals surface area contributed by atoms with Crippen LogP contribution in [0.2, 0.25) is 0 Å². The lowest BCUT2D eigenvalue weighted by atomic mass is 10.3. The van der Waals surface area contributed by atoms with Crippen LogP contribution in [-0.4, -0.2) is 26.7 Å². The summed E-state index contributed by atoms with van der Waals surface area (Å²) >= 11 is 5.03. The van der Waals surface area contributed by atoms with Crippen LogP contribution in [0.4, 0.5) is 0 Å². The minimum atomic E-state index is 0.0347. The third kappa shape index (κ3) is 3.47. The summed E-state index contributed by atoms with van der Waals surface area (Å²) in [5.41, 5.74) is 0. The number of aromatic amines is 1. The fraction of sp³-hybridized carbons (Fsp3) is 0.667. The molecule has 15 heavy (non-hydrogen) atoms. The van der Waals surface area contributed by atoms with Crippen LogP contribution in [0.1, 0.15) is 26.1 Å². The van der Waals surface area contributed by atoms with Crippen molar-refractivity contribution in [1.82, 2.24) is 20.1 Å². The van der Waals surface area contributed by atoms with Gasteiger partial charge in [0.15, 0.2) is 4.77 Å². The molecule has 1 rings (SSSR count). The predicted octanol–water partition coefficient (Wildman–Crippen LogP) is 1.16. The van der Waals surface area contributed by atoms with Crippen LogP contribution in [0.25, 0.3) is 0 Å². The molecule has 0 aliphatic carbocycles. The zero-order valence-electron chi connectivity index (χ0n) is 9.20. The van der Waals surface area contributed by atoms with E-state index >= 15 is 0 Å². The van der Waals surface area contributed by atoms with E-state index in [4.69, 9.17) is 12.2 Å². The first-order valence-electron chi connectivity index (χ1n) is 4.92. The molecule has 84 valence electrons. The molecule has 0 aromatic carbocycles. The summed E-state index contributed by atoms with van der Waals surface area (Å²) in [5.74, 6) is 0.838. The SMILES string of the molecule is Cc1n[nH]c(=S)n1CCC(=O)NC(C)C. The first-order chi connectivity index (χ1) is 7.00. The first kappa shape index (κ1) is 11.9. The van der Waals surface area contributed by atoms with Crippen molar-refractivity contribution in [2.24, 2.45) is 0 Å². The van der Waals surface area contributed by atoms with Gasteiger partial charge in [0, 0.05) is 19.0 Å². The Hall–Kier alpha value is -1.17. The van der Waals surface area contributed by atoms with Crippen molar-refractivity contribution in [1.29, 1.82) is 0 Å². The zero-order chi connectivity index (χ0) is 11.4. The van der Waals surface area contributed by atoms with Crippen molar-refractivity contribution in [3.05, 3.63) is 10.6 Å². The maximum atomic E-state index is 11.4. The summed E-state index contributed by atoms with van der Waals surface area (Å²) in [6.07, 6.45) is 0.423. The highest BCUT2D eigenvalue weighted by Crippen LogP contribution is 1.98. The Morgan fingerprint density at radius 3 is 2.80 bits per heavy atom. The number of hydrogen-bond donors (Lipinski definition) is 2. The number of carbonyl (C=O) groups is 1. The van der Waals surface area contributed by atoms with Gasteiger partial charge in [-0.15, -0.1) is 0 Å². The van der Waals surface area contributed by atoms with Gasteiger partial charge in [0.2, 0.25) is 5.91 Å². The molecule has 0 fully saturated rings. The highest BCUT2D eigenvalue weighted by Gasteiger charge is 2.06. The molecule has 1 aromatic rings. The molecule has 6 heteroatoms. The van der Waals surface area contributed by atoms with Gasteiger partial charge in [-0.1, -0.05) is 0 Å². The topological polar surface area (TPSA) is 62.7 Å². The molecule has 1 heterocycles. The summed E-state index contributed by atoms with van der Waals surface area (Å²) in [7, 11) is 0. The molecule has 0 aliphatic rings. The van der Waals surface area contributed by atoms with Gasteiger partial charge >= 0.3 is 0 Å². The van der Waals surface area contributed by atoms with Crippen LogP contribution in [-0.2, 0) is 11.3 Å². The van der Waals surface area contributed by atoms with Crippen LogP contribution in [0.15, 0.2) is 0 Å². The average molecular weight is 228 g/mol. The Morgan fingerprint density at radius 1 is 1.67 bits per heavy atom. The number of nitrogens with zero attached hydrogens (tertiary/aromatic N) is 2. The number of H-pyrrole nitrogens is 1. The van der Waals surface area contributed by atoms with E-state index < -0.39 is 0 Å². The molecule has 0 saturated heterocycles. The Bertz CT molecular complexity index is 393. The molecular weight excluding hydrogens is 212 g/mol. The second kappa shape index (κ2) is 5.06. The van der Waals surface area contributed by atoms with Gasteiger partial charge in [-0.3, -0.25) is 9.89 Å². The Labute approximate surface area is 93.9 Å². The summed E-state index contributed by atoms with van der Waals surface area (Å²) in [6, 6.07) is 0.177. The fourth-order valence-electron chi connectivity index (χ4n) is 1.27. The molecular formula is C9H16N4OS. The second-order valence-electron chi connectivity index (χ2n) is 3.70. The van der Waals surface area contributed by atoms with E-state index in [2.05, 4.69) is 15.5 Å². The third-order valence-electron chi connectivity index (χ3n) is 1.96. The molecule has 0 atom stereocenters. The first-order valence-corrected chi connectivity index (χ1v) is 5.32. The van der Waals surface area contributed by atoms with E-state index in [-0.39, 0.29) is 11.9 Å². The molecule has 0 radical (unpaired) electrons. The van der Waals surface area contributed by atoms with Crippen molar-refractivity contribution in [2.45, 2.75) is 39.8 Å². The molecule has 0 aliphatic heterocycles. The van der Waals surface area contributed by atoms with Crippen LogP contribution in [0, 0.1) is 11.7 Å². The third-order valence-corrected chi connectivity index (χ3v) is 2.27. The Morgan fingerprint density at radius 2 is 2.33 bits per heavy atom. The lowest BCUT2D eigenvalue weighted by Crippen LogP contribution is -2.30. The normalized spacial score (nSPS) is 10.7. The lowest BCUT2D eigenvalue weighted by molar-refractivity contribution is -0.121. The van der Waals surface area contributed by atoms with Crippen molar-refractivity contribution >= 4 is 18.1 Å². The number of aryl methyl sites for hydroxylation is 1.